The van der Waals surface area contributed by atoms with E-state index in [1.807, 2.05) is 6.92 Å². The molecule has 1 atom stereocenters. The summed E-state index contributed by atoms with van der Waals surface area (Å²) in [5, 5.41) is 22.5. The van der Waals surface area contributed by atoms with Crippen LogP contribution in [0.4, 0.5) is 11.4 Å². The number of carboxylic acids is 1. The highest BCUT2D eigenvalue weighted by molar-refractivity contribution is 5.70. The minimum Gasteiger partial charge on any atom is -0.481 e. The van der Waals surface area contributed by atoms with Crippen LogP contribution in [-0.2, 0) is 4.79 Å². The topological polar surface area (TPSA) is 92.5 Å². The maximum atomic E-state index is 10.9. The van der Waals surface area contributed by atoms with Crippen LogP contribution in [0.3, 0.4) is 0 Å². The summed E-state index contributed by atoms with van der Waals surface area (Å²) in [5.74, 6) is -1.33. The average molecular weight is 252 g/mol. The van der Waals surface area contributed by atoms with Crippen molar-refractivity contribution in [3.63, 3.8) is 0 Å². The van der Waals surface area contributed by atoms with Gasteiger partial charge < -0.3 is 10.4 Å². The van der Waals surface area contributed by atoms with E-state index in [0.717, 1.165) is 6.42 Å². The molecule has 0 aliphatic rings. The molecule has 1 rings (SSSR count). The van der Waals surface area contributed by atoms with Crippen LogP contribution in [0, 0.1) is 16.0 Å². The molecule has 0 heterocycles. The molecule has 0 saturated carbocycles. The first kappa shape index (κ1) is 14.0. The van der Waals surface area contributed by atoms with E-state index >= 15 is 0 Å². The predicted molar refractivity (Wildman–Crippen MR) is 67.6 cm³/mol. The highest BCUT2D eigenvalue weighted by Crippen LogP contribution is 2.18. The van der Waals surface area contributed by atoms with Gasteiger partial charge in [0.2, 0.25) is 0 Å². The molecule has 0 radical (unpaired) electrons. The van der Waals surface area contributed by atoms with Crippen LogP contribution in [0.15, 0.2) is 24.3 Å². The van der Waals surface area contributed by atoms with Gasteiger partial charge in [0, 0.05) is 24.4 Å². The summed E-state index contributed by atoms with van der Waals surface area (Å²) in [4.78, 5) is 21.0. The Morgan fingerprint density at radius 2 is 2.28 bits per heavy atom. The smallest absolute Gasteiger partial charge is 0.308 e. The van der Waals surface area contributed by atoms with E-state index in [-0.39, 0.29) is 12.2 Å². The van der Waals surface area contributed by atoms with Crippen molar-refractivity contribution in [1.82, 2.24) is 0 Å². The fraction of sp³-hybridized carbons (Fsp3) is 0.417. The van der Waals surface area contributed by atoms with E-state index in [2.05, 4.69) is 5.32 Å². The molecule has 6 heteroatoms. The van der Waals surface area contributed by atoms with E-state index in [1.54, 1.807) is 12.1 Å². The van der Waals surface area contributed by atoms with Crippen LogP contribution in [0.2, 0.25) is 0 Å². The number of carbonyl (C=O) groups is 1. The van der Waals surface area contributed by atoms with E-state index in [4.69, 9.17) is 5.11 Å². The summed E-state index contributed by atoms with van der Waals surface area (Å²) in [5.41, 5.74) is 0.550. The van der Waals surface area contributed by atoms with Crippen molar-refractivity contribution in [2.24, 2.45) is 5.92 Å². The Hall–Kier alpha value is -2.11. The first-order valence-electron chi connectivity index (χ1n) is 5.75. The predicted octanol–water partition coefficient (Wildman–Crippen LogP) is 2.51. The number of benzene rings is 1. The van der Waals surface area contributed by atoms with Crippen molar-refractivity contribution >= 4 is 17.3 Å². The summed E-state index contributed by atoms with van der Waals surface area (Å²) in [7, 11) is 0. The standard InChI is InChI=1S/C12H16N2O4/c1-2-4-9(12(15)16)8-13-10-5-3-6-11(7-10)14(17)18/h3,5-7,9,13H,2,4,8H2,1H3,(H,15,16). The Kier molecular flexibility index (Phi) is 5.10. The third-order valence-corrected chi connectivity index (χ3v) is 2.60. The molecule has 2 N–H and O–H groups in total. The Balaban J connectivity index is 2.64. The SMILES string of the molecule is CCCC(CNc1cccc([N+](=O)[O-])c1)C(=O)O. The number of non-ortho nitro benzene ring substituents is 1. The zero-order valence-corrected chi connectivity index (χ0v) is 10.1. The fourth-order valence-electron chi connectivity index (χ4n) is 1.63. The molecule has 1 unspecified atom stereocenters. The van der Waals surface area contributed by atoms with Gasteiger partial charge in [-0.3, -0.25) is 14.9 Å². The monoisotopic (exact) mass is 252 g/mol. The second-order valence-corrected chi connectivity index (χ2v) is 4.01. The van der Waals surface area contributed by atoms with Crippen LogP contribution in [-0.4, -0.2) is 22.5 Å². The Labute approximate surface area is 105 Å². The Bertz CT molecular complexity index is 434. The third-order valence-electron chi connectivity index (χ3n) is 2.60. The number of nitrogens with zero attached hydrogens (tertiary/aromatic N) is 1. The lowest BCUT2D eigenvalue weighted by Crippen LogP contribution is -2.22. The molecule has 0 amide bonds. The third kappa shape index (κ3) is 4.04. The van der Waals surface area contributed by atoms with Crippen LogP contribution in [0.1, 0.15) is 19.8 Å². The maximum absolute atomic E-state index is 10.9. The van der Waals surface area contributed by atoms with Crippen LogP contribution >= 0.6 is 0 Å². The molecule has 0 aliphatic heterocycles. The molecule has 0 saturated heterocycles. The molecule has 1 aromatic carbocycles. The molecular weight excluding hydrogens is 236 g/mol. The zero-order chi connectivity index (χ0) is 13.5. The Morgan fingerprint density at radius 3 is 2.83 bits per heavy atom. The lowest BCUT2D eigenvalue weighted by Gasteiger charge is -2.13. The minimum atomic E-state index is -0.852. The zero-order valence-electron chi connectivity index (χ0n) is 10.1. The largest absolute Gasteiger partial charge is 0.481 e. The first-order valence-corrected chi connectivity index (χ1v) is 5.75. The van der Waals surface area contributed by atoms with Crippen molar-refractivity contribution in [3.05, 3.63) is 34.4 Å². The van der Waals surface area contributed by atoms with Gasteiger partial charge in [-0.2, -0.15) is 0 Å². The van der Waals surface area contributed by atoms with E-state index in [0.29, 0.717) is 12.1 Å². The fourth-order valence-corrected chi connectivity index (χ4v) is 1.63. The van der Waals surface area contributed by atoms with Gasteiger partial charge in [0.05, 0.1) is 10.8 Å². The summed E-state index contributed by atoms with van der Waals surface area (Å²) >= 11 is 0. The number of aliphatic carboxylic acids is 1. The number of nitro benzene ring substituents is 1. The second kappa shape index (κ2) is 6.58. The molecule has 98 valence electrons. The van der Waals surface area contributed by atoms with Gasteiger partial charge in [-0.05, 0) is 12.5 Å². The number of rotatable bonds is 7. The van der Waals surface area contributed by atoms with Gasteiger partial charge >= 0.3 is 5.97 Å². The normalized spacial score (nSPS) is 11.8. The number of hydrogen-bond acceptors (Lipinski definition) is 4. The Morgan fingerprint density at radius 1 is 1.56 bits per heavy atom. The molecule has 0 aliphatic carbocycles. The number of nitro groups is 1. The summed E-state index contributed by atoms with van der Waals surface area (Å²) in [6.07, 6.45) is 1.37. The molecule has 6 nitrogen and oxygen atoms in total. The number of nitrogens with one attached hydrogen (secondary N) is 1. The van der Waals surface area contributed by atoms with Crippen molar-refractivity contribution in [3.8, 4) is 0 Å². The summed E-state index contributed by atoms with van der Waals surface area (Å²) < 4.78 is 0. The lowest BCUT2D eigenvalue weighted by molar-refractivity contribution is -0.384. The van der Waals surface area contributed by atoms with Gasteiger partial charge in [0.25, 0.3) is 5.69 Å². The molecule has 0 fully saturated rings. The summed E-state index contributed by atoms with van der Waals surface area (Å²) in [6, 6.07) is 6.03. The summed E-state index contributed by atoms with van der Waals surface area (Å²) in [6.45, 7) is 2.19. The molecular formula is C12H16N2O4. The first-order chi connectivity index (χ1) is 8.54. The van der Waals surface area contributed by atoms with Crippen molar-refractivity contribution in [1.29, 1.82) is 0 Å². The quantitative estimate of drug-likeness (QED) is 0.574. The highest BCUT2D eigenvalue weighted by atomic mass is 16.6. The van der Waals surface area contributed by atoms with E-state index in [1.165, 1.54) is 12.1 Å². The number of carboxylic acid groups (broad SMARTS) is 1. The van der Waals surface area contributed by atoms with Gasteiger partial charge in [-0.25, -0.2) is 0 Å². The van der Waals surface area contributed by atoms with Crippen molar-refractivity contribution < 1.29 is 14.8 Å². The van der Waals surface area contributed by atoms with E-state index in [9.17, 15) is 14.9 Å². The average Bonchev–Trinajstić information content (AvgIpc) is 2.34. The van der Waals surface area contributed by atoms with Crippen molar-refractivity contribution in [2.45, 2.75) is 19.8 Å². The number of hydrogen-bond donors (Lipinski definition) is 2. The lowest BCUT2D eigenvalue weighted by atomic mass is 10.0. The maximum Gasteiger partial charge on any atom is 0.308 e. The molecule has 1 aromatic rings. The van der Waals surface area contributed by atoms with Crippen LogP contribution in [0.5, 0.6) is 0 Å². The van der Waals surface area contributed by atoms with E-state index < -0.39 is 16.8 Å². The molecule has 0 spiro atoms. The van der Waals surface area contributed by atoms with Gasteiger partial charge in [0.1, 0.15) is 0 Å². The van der Waals surface area contributed by atoms with Crippen LogP contribution < -0.4 is 5.32 Å². The van der Waals surface area contributed by atoms with Crippen molar-refractivity contribution in [2.75, 3.05) is 11.9 Å². The molecule has 18 heavy (non-hydrogen) atoms. The van der Waals surface area contributed by atoms with Gasteiger partial charge in [0.15, 0.2) is 0 Å². The number of anilines is 1. The highest BCUT2D eigenvalue weighted by Gasteiger charge is 2.16. The second-order valence-electron chi connectivity index (χ2n) is 4.01. The van der Waals surface area contributed by atoms with Gasteiger partial charge in [-0.1, -0.05) is 19.4 Å². The minimum absolute atomic E-state index is 0.0117. The molecule has 0 aromatic heterocycles. The van der Waals surface area contributed by atoms with Gasteiger partial charge in [-0.15, -0.1) is 0 Å². The molecule has 0 bridgehead atoms. The van der Waals surface area contributed by atoms with Crippen LogP contribution in [0.25, 0.3) is 0 Å².